The monoisotopic (exact) mass is 273 g/mol. The minimum absolute atomic E-state index is 0.0118. The second kappa shape index (κ2) is 6.85. The lowest BCUT2D eigenvalue weighted by molar-refractivity contribution is -0.136. The van der Waals surface area contributed by atoms with Gasteiger partial charge < -0.3 is 10.4 Å². The van der Waals surface area contributed by atoms with Crippen molar-refractivity contribution in [2.45, 2.75) is 6.42 Å². The Morgan fingerprint density at radius 2 is 2.00 bits per heavy atom. The molecule has 0 fully saturated rings. The number of carboxylic acids is 1. The van der Waals surface area contributed by atoms with E-state index in [9.17, 15) is 18.2 Å². The normalized spacial score (nSPS) is 11.8. The molecule has 1 amide bonds. The first kappa shape index (κ1) is 14.3. The number of halogens is 1. The van der Waals surface area contributed by atoms with Gasteiger partial charge in [0.15, 0.2) is 0 Å². The molecule has 1 atom stereocenters. The molecule has 5 nitrogen and oxygen atoms in total. The van der Waals surface area contributed by atoms with E-state index in [0.717, 1.165) is 0 Å². The number of rotatable bonds is 6. The summed E-state index contributed by atoms with van der Waals surface area (Å²) < 4.78 is 24.5. The summed E-state index contributed by atoms with van der Waals surface area (Å²) in [4.78, 5) is 21.6. The van der Waals surface area contributed by atoms with Crippen molar-refractivity contribution in [3.05, 3.63) is 30.1 Å². The Labute approximate surface area is 105 Å². The fourth-order valence-corrected chi connectivity index (χ4v) is 2.08. The van der Waals surface area contributed by atoms with E-state index >= 15 is 0 Å². The highest BCUT2D eigenvalue weighted by molar-refractivity contribution is 7.85. The van der Waals surface area contributed by atoms with Crippen LogP contribution in [0.2, 0.25) is 0 Å². The van der Waals surface area contributed by atoms with E-state index in [4.69, 9.17) is 5.11 Å². The molecule has 0 radical (unpaired) electrons. The summed E-state index contributed by atoms with van der Waals surface area (Å²) in [7, 11) is -1.57. The Hall–Kier alpha value is -1.76. The summed E-state index contributed by atoms with van der Waals surface area (Å²) >= 11 is 0. The maximum Gasteiger partial charge on any atom is 0.304 e. The third-order valence-electron chi connectivity index (χ3n) is 1.98. The smallest absolute Gasteiger partial charge is 0.304 e. The van der Waals surface area contributed by atoms with Crippen molar-refractivity contribution in [1.82, 2.24) is 0 Å². The lowest BCUT2D eigenvalue weighted by atomic mass is 10.3. The van der Waals surface area contributed by atoms with Gasteiger partial charge in [0.05, 0.1) is 12.1 Å². The molecular formula is C11H12FNO4S. The number of para-hydroxylation sites is 1. The highest BCUT2D eigenvalue weighted by Crippen LogP contribution is 2.12. The fourth-order valence-electron chi connectivity index (χ4n) is 1.17. The van der Waals surface area contributed by atoms with Crippen LogP contribution in [-0.4, -0.2) is 32.7 Å². The summed E-state index contributed by atoms with van der Waals surface area (Å²) in [5.74, 6) is -2.70. The summed E-state index contributed by atoms with van der Waals surface area (Å²) in [6.07, 6.45) is -0.264. The first-order valence-electron chi connectivity index (χ1n) is 5.10. The quantitative estimate of drug-likeness (QED) is 0.809. The van der Waals surface area contributed by atoms with Crippen LogP contribution in [0.1, 0.15) is 6.42 Å². The number of hydrogen-bond donors (Lipinski definition) is 2. The van der Waals surface area contributed by atoms with E-state index in [0.29, 0.717) is 0 Å². The van der Waals surface area contributed by atoms with Crippen LogP contribution >= 0.6 is 0 Å². The van der Waals surface area contributed by atoms with Gasteiger partial charge in [-0.2, -0.15) is 0 Å². The molecule has 1 aromatic carbocycles. The first-order chi connectivity index (χ1) is 8.49. The summed E-state index contributed by atoms with van der Waals surface area (Å²) in [6, 6.07) is 5.61. The number of carbonyl (C=O) groups excluding carboxylic acids is 1. The van der Waals surface area contributed by atoms with Gasteiger partial charge in [0.1, 0.15) is 11.6 Å². The number of nitrogens with one attached hydrogen (secondary N) is 1. The molecule has 0 aliphatic rings. The SMILES string of the molecule is O=C(O)CCS(=O)CC(=O)Nc1ccccc1F. The van der Waals surface area contributed by atoms with Gasteiger partial charge in [-0.05, 0) is 12.1 Å². The van der Waals surface area contributed by atoms with E-state index in [2.05, 4.69) is 5.32 Å². The molecule has 1 unspecified atom stereocenters. The molecule has 2 N–H and O–H groups in total. The van der Waals surface area contributed by atoms with Gasteiger partial charge >= 0.3 is 5.97 Å². The molecule has 98 valence electrons. The van der Waals surface area contributed by atoms with Crippen LogP contribution in [0.25, 0.3) is 0 Å². The molecule has 0 saturated heterocycles. The van der Waals surface area contributed by atoms with Gasteiger partial charge in [0.2, 0.25) is 5.91 Å². The van der Waals surface area contributed by atoms with Crippen molar-refractivity contribution in [3.8, 4) is 0 Å². The largest absolute Gasteiger partial charge is 0.481 e. The van der Waals surface area contributed by atoms with Crippen LogP contribution in [-0.2, 0) is 20.4 Å². The zero-order chi connectivity index (χ0) is 13.5. The number of hydrogen-bond acceptors (Lipinski definition) is 3. The van der Waals surface area contributed by atoms with Crippen molar-refractivity contribution in [2.75, 3.05) is 16.8 Å². The molecular weight excluding hydrogens is 261 g/mol. The number of amides is 1. The molecule has 0 spiro atoms. The van der Waals surface area contributed by atoms with Crippen molar-refractivity contribution < 1.29 is 23.3 Å². The standard InChI is InChI=1S/C11H12FNO4S/c12-8-3-1-2-4-9(8)13-10(14)7-18(17)6-5-11(15)16/h1-4H,5-7H2,(H,13,14)(H,15,16). The summed E-state index contributed by atoms with van der Waals surface area (Å²) in [6.45, 7) is 0. The van der Waals surface area contributed by atoms with Crippen LogP contribution in [0.3, 0.4) is 0 Å². The molecule has 7 heteroatoms. The number of aliphatic carboxylic acids is 1. The highest BCUT2D eigenvalue weighted by Gasteiger charge is 2.11. The molecule has 0 bridgehead atoms. The highest BCUT2D eigenvalue weighted by atomic mass is 32.2. The van der Waals surface area contributed by atoms with E-state index in [1.165, 1.54) is 18.2 Å². The minimum atomic E-state index is -1.57. The molecule has 0 saturated carbocycles. The van der Waals surface area contributed by atoms with Crippen LogP contribution in [0.15, 0.2) is 24.3 Å². The number of benzene rings is 1. The van der Waals surface area contributed by atoms with Crippen molar-refractivity contribution in [3.63, 3.8) is 0 Å². The zero-order valence-electron chi connectivity index (χ0n) is 9.39. The number of anilines is 1. The van der Waals surface area contributed by atoms with Gasteiger partial charge in [0, 0.05) is 16.6 Å². The molecule has 0 heterocycles. The molecule has 0 aliphatic carbocycles. The maximum atomic E-state index is 13.2. The Bertz CT molecular complexity index is 478. The summed E-state index contributed by atoms with van der Waals surface area (Å²) in [5, 5.41) is 10.7. The predicted octanol–water partition coefficient (Wildman–Crippen LogP) is 0.988. The average Bonchev–Trinajstić information content (AvgIpc) is 2.29. The molecule has 1 aromatic rings. The van der Waals surface area contributed by atoms with Gasteiger partial charge in [0.25, 0.3) is 0 Å². The van der Waals surface area contributed by atoms with Gasteiger partial charge in [-0.3, -0.25) is 13.8 Å². The minimum Gasteiger partial charge on any atom is -0.481 e. The first-order valence-corrected chi connectivity index (χ1v) is 6.59. The van der Waals surface area contributed by atoms with Crippen LogP contribution in [0.5, 0.6) is 0 Å². The Kier molecular flexibility index (Phi) is 5.44. The fraction of sp³-hybridized carbons (Fsp3) is 0.273. The number of carbonyl (C=O) groups is 2. The second-order valence-corrected chi connectivity index (χ2v) is 5.04. The van der Waals surface area contributed by atoms with E-state index < -0.39 is 28.5 Å². The van der Waals surface area contributed by atoms with Crippen molar-refractivity contribution in [1.29, 1.82) is 0 Å². The molecule has 1 rings (SSSR count). The van der Waals surface area contributed by atoms with Gasteiger partial charge in [-0.15, -0.1) is 0 Å². The van der Waals surface area contributed by atoms with E-state index in [1.807, 2.05) is 0 Å². The van der Waals surface area contributed by atoms with Crippen molar-refractivity contribution in [2.24, 2.45) is 0 Å². The topological polar surface area (TPSA) is 83.5 Å². The molecule has 0 aromatic heterocycles. The number of carboxylic acid groups (broad SMARTS) is 1. The Morgan fingerprint density at radius 3 is 2.61 bits per heavy atom. The van der Waals surface area contributed by atoms with Crippen molar-refractivity contribution >= 4 is 28.4 Å². The maximum absolute atomic E-state index is 13.2. The van der Waals surface area contributed by atoms with Crippen LogP contribution < -0.4 is 5.32 Å². The predicted molar refractivity (Wildman–Crippen MR) is 65.2 cm³/mol. The third kappa shape index (κ3) is 5.05. The summed E-state index contributed by atoms with van der Waals surface area (Å²) in [5.41, 5.74) is 0.0118. The average molecular weight is 273 g/mol. The van der Waals surface area contributed by atoms with E-state index in [1.54, 1.807) is 6.07 Å². The van der Waals surface area contributed by atoms with Crippen LogP contribution in [0.4, 0.5) is 10.1 Å². The lowest BCUT2D eigenvalue weighted by Gasteiger charge is -2.05. The van der Waals surface area contributed by atoms with E-state index in [-0.39, 0.29) is 23.6 Å². The third-order valence-corrected chi connectivity index (χ3v) is 3.23. The van der Waals surface area contributed by atoms with Crippen LogP contribution in [0, 0.1) is 5.82 Å². The second-order valence-electron chi connectivity index (χ2n) is 3.46. The zero-order valence-corrected chi connectivity index (χ0v) is 10.2. The molecule has 18 heavy (non-hydrogen) atoms. The van der Waals surface area contributed by atoms with Gasteiger partial charge in [-0.25, -0.2) is 4.39 Å². The Morgan fingerprint density at radius 1 is 1.33 bits per heavy atom. The van der Waals surface area contributed by atoms with Gasteiger partial charge in [-0.1, -0.05) is 12.1 Å². The Balaban J connectivity index is 2.45. The lowest BCUT2D eigenvalue weighted by Crippen LogP contribution is -2.22. The molecule has 0 aliphatic heterocycles.